The quantitative estimate of drug-likeness (QED) is 0.0975. The lowest BCUT2D eigenvalue weighted by atomic mass is 9.98. The highest BCUT2D eigenvalue weighted by Crippen LogP contribution is 2.44. The minimum atomic E-state index is -0.453. The molecule has 0 spiro atoms. The average Bonchev–Trinajstić information content (AvgIpc) is 3.57. The van der Waals surface area contributed by atoms with Crippen molar-refractivity contribution in [3.05, 3.63) is 59.7 Å². The highest BCUT2D eigenvalue weighted by molar-refractivity contribution is 5.79. The Morgan fingerprint density at radius 3 is 1.05 bits per heavy atom. The fraction of sp³-hybridized carbons (Fsp3) is 0.698. The van der Waals surface area contributed by atoms with E-state index in [4.69, 9.17) is 61.6 Å². The molecule has 336 valence electrons. The Labute approximate surface area is 351 Å². The molecule has 0 heterocycles. The van der Waals surface area contributed by atoms with Crippen molar-refractivity contribution in [3.63, 3.8) is 0 Å². The van der Waals surface area contributed by atoms with Crippen molar-refractivity contribution < 1.29 is 66.4 Å². The lowest BCUT2D eigenvalue weighted by molar-refractivity contribution is -0.0284. The van der Waals surface area contributed by atoms with Gasteiger partial charge in [-0.25, -0.2) is 4.79 Å². The van der Waals surface area contributed by atoms with Gasteiger partial charge in [0.1, 0.15) is 6.61 Å². The fourth-order valence-corrected chi connectivity index (χ4v) is 5.64. The predicted molar refractivity (Wildman–Crippen MR) is 221 cm³/mol. The van der Waals surface area contributed by atoms with E-state index in [1.54, 1.807) is 0 Å². The molecule has 0 atom stereocenters. The van der Waals surface area contributed by atoms with Crippen molar-refractivity contribution in [2.45, 2.75) is 5.92 Å². The molecule has 2 aromatic carbocycles. The second-order valence-electron chi connectivity index (χ2n) is 13.4. The Bertz CT molecular complexity index is 1250. The maximum Gasteiger partial charge on any atom is 0.407 e. The third-order valence-electron chi connectivity index (χ3n) is 8.63. The van der Waals surface area contributed by atoms with E-state index in [1.165, 1.54) is 22.3 Å². The molecule has 16 nitrogen and oxygen atoms in total. The zero-order valence-electron chi connectivity index (χ0n) is 35.5. The first-order valence-corrected chi connectivity index (χ1v) is 20.8. The van der Waals surface area contributed by atoms with Gasteiger partial charge in [0.25, 0.3) is 0 Å². The number of rotatable bonds is 41. The molecule has 0 saturated heterocycles. The van der Waals surface area contributed by atoms with Gasteiger partial charge >= 0.3 is 6.09 Å². The van der Waals surface area contributed by atoms with Crippen LogP contribution in [0.25, 0.3) is 11.1 Å². The molecule has 0 aliphatic heterocycles. The van der Waals surface area contributed by atoms with Crippen molar-refractivity contribution >= 4 is 6.09 Å². The summed E-state index contributed by atoms with van der Waals surface area (Å²) in [5.41, 5.74) is 4.77. The van der Waals surface area contributed by atoms with Gasteiger partial charge in [-0.3, -0.25) is 0 Å². The Kier molecular flexibility index (Phi) is 30.8. The second kappa shape index (κ2) is 35.9. The maximum absolute atomic E-state index is 12.3. The molecule has 0 fully saturated rings. The Balaban J connectivity index is 0.924. The summed E-state index contributed by atoms with van der Waals surface area (Å²) in [5.74, 6) is 0.0353. The monoisotopic (exact) mass is 838 g/mol. The Hall–Kier alpha value is -2.81. The topological polar surface area (TPSA) is 152 Å². The van der Waals surface area contributed by atoms with Gasteiger partial charge in [-0.15, -0.1) is 0 Å². The largest absolute Gasteiger partial charge is 0.449 e. The average molecular weight is 839 g/mol. The molecular weight excluding hydrogens is 768 g/mol. The summed E-state index contributed by atoms with van der Waals surface area (Å²) in [4.78, 5) is 14.3. The number of ether oxygens (including phenoxy) is 13. The number of amides is 1. The Morgan fingerprint density at radius 2 is 0.729 bits per heavy atom. The molecule has 0 bridgehead atoms. The zero-order valence-corrected chi connectivity index (χ0v) is 35.5. The van der Waals surface area contributed by atoms with Crippen LogP contribution in [-0.4, -0.2) is 203 Å². The molecule has 2 aromatic rings. The molecule has 0 radical (unpaired) electrons. The van der Waals surface area contributed by atoms with Crippen molar-refractivity contribution in [2.24, 2.45) is 0 Å². The van der Waals surface area contributed by atoms with Gasteiger partial charge in [0, 0.05) is 19.0 Å². The minimum Gasteiger partial charge on any atom is -0.449 e. The minimum absolute atomic E-state index is 0.0353. The first-order chi connectivity index (χ1) is 29.2. The molecule has 3 rings (SSSR count). The van der Waals surface area contributed by atoms with Crippen molar-refractivity contribution in [2.75, 3.05) is 192 Å². The molecular formula is C43H70N2O14. The summed E-state index contributed by atoms with van der Waals surface area (Å²) in [6.45, 7) is 13.6. The Morgan fingerprint density at radius 1 is 0.441 bits per heavy atom. The van der Waals surface area contributed by atoms with Crippen LogP contribution in [0.3, 0.4) is 0 Å². The van der Waals surface area contributed by atoms with E-state index in [9.17, 15) is 4.79 Å². The number of hydrogen-bond acceptors (Lipinski definition) is 15. The van der Waals surface area contributed by atoms with Gasteiger partial charge in [0.05, 0.1) is 159 Å². The van der Waals surface area contributed by atoms with Crippen molar-refractivity contribution in [1.29, 1.82) is 0 Å². The van der Waals surface area contributed by atoms with E-state index in [2.05, 4.69) is 34.5 Å². The van der Waals surface area contributed by atoms with Gasteiger partial charge in [-0.05, 0) is 36.3 Å². The number of likely N-dealkylation sites (N-methyl/N-ethyl adjacent to an activating group) is 1. The van der Waals surface area contributed by atoms with Crippen LogP contribution < -0.4 is 5.32 Å². The predicted octanol–water partition coefficient (Wildman–Crippen LogP) is 3.29. The number of benzene rings is 2. The number of carbonyl (C=O) groups excluding carboxylic acids is 1. The summed E-state index contributed by atoms with van der Waals surface area (Å²) in [7, 11) is 4.04. The highest BCUT2D eigenvalue weighted by Gasteiger charge is 2.29. The molecule has 0 unspecified atom stereocenters. The van der Waals surface area contributed by atoms with E-state index in [1.807, 2.05) is 38.4 Å². The zero-order chi connectivity index (χ0) is 41.7. The lowest BCUT2D eigenvalue weighted by Gasteiger charge is -2.14. The molecule has 0 aromatic heterocycles. The van der Waals surface area contributed by atoms with E-state index >= 15 is 0 Å². The van der Waals surface area contributed by atoms with Crippen LogP contribution in [0, 0.1) is 0 Å². The van der Waals surface area contributed by atoms with E-state index in [0.29, 0.717) is 165 Å². The molecule has 59 heavy (non-hydrogen) atoms. The van der Waals surface area contributed by atoms with E-state index in [0.717, 1.165) is 6.54 Å². The fourth-order valence-electron chi connectivity index (χ4n) is 5.64. The number of nitrogens with one attached hydrogen (secondary N) is 1. The number of carbonyl (C=O) groups is 1. The van der Waals surface area contributed by atoms with Crippen LogP contribution in [0.1, 0.15) is 17.0 Å². The SMILES string of the molecule is CN(C)CCOCCOCCOCCOCCOCCOCCOCCOCCOCCOCCOCCOCCNC(=O)OCC1c2ccccc2-c2ccccc21. The van der Waals surface area contributed by atoms with Crippen LogP contribution >= 0.6 is 0 Å². The van der Waals surface area contributed by atoms with Crippen LogP contribution in [0.2, 0.25) is 0 Å². The summed E-state index contributed by atoms with van der Waals surface area (Å²) in [6, 6.07) is 16.5. The normalized spacial score (nSPS) is 12.3. The van der Waals surface area contributed by atoms with Crippen LogP contribution in [0.4, 0.5) is 4.79 Å². The van der Waals surface area contributed by atoms with Gasteiger partial charge in [0.2, 0.25) is 0 Å². The summed E-state index contributed by atoms with van der Waals surface area (Å²) in [5, 5.41) is 2.75. The third kappa shape index (κ3) is 25.5. The van der Waals surface area contributed by atoms with Crippen LogP contribution in [0.5, 0.6) is 0 Å². The molecule has 1 aliphatic carbocycles. The van der Waals surface area contributed by atoms with Crippen molar-refractivity contribution in [3.8, 4) is 11.1 Å². The summed E-state index contributed by atoms with van der Waals surface area (Å²) in [6.07, 6.45) is -0.453. The van der Waals surface area contributed by atoms with Gasteiger partial charge < -0.3 is 71.8 Å². The maximum atomic E-state index is 12.3. The summed E-state index contributed by atoms with van der Waals surface area (Å²) < 4.78 is 71.5. The van der Waals surface area contributed by atoms with Crippen LogP contribution in [0.15, 0.2) is 48.5 Å². The molecule has 1 amide bonds. The number of hydrogen-bond donors (Lipinski definition) is 1. The smallest absolute Gasteiger partial charge is 0.407 e. The molecule has 0 saturated carbocycles. The van der Waals surface area contributed by atoms with Crippen molar-refractivity contribution in [1.82, 2.24) is 10.2 Å². The number of nitrogens with zero attached hydrogens (tertiary/aromatic N) is 1. The third-order valence-corrected chi connectivity index (χ3v) is 8.63. The van der Waals surface area contributed by atoms with Gasteiger partial charge in [-0.2, -0.15) is 0 Å². The lowest BCUT2D eigenvalue weighted by Crippen LogP contribution is -2.29. The molecule has 1 N–H and O–H groups in total. The van der Waals surface area contributed by atoms with E-state index < -0.39 is 6.09 Å². The number of alkyl carbamates (subject to hydrolysis) is 1. The van der Waals surface area contributed by atoms with Crippen LogP contribution in [-0.2, 0) is 61.6 Å². The highest BCUT2D eigenvalue weighted by atomic mass is 16.6. The van der Waals surface area contributed by atoms with Gasteiger partial charge in [0.15, 0.2) is 0 Å². The summed E-state index contributed by atoms with van der Waals surface area (Å²) >= 11 is 0. The standard InChI is InChI=1S/C43H70N2O14/c1-45(2)12-14-48-16-18-50-20-22-52-24-26-54-28-30-56-32-34-58-36-35-57-33-31-55-29-27-53-25-23-51-21-19-49-17-15-47-13-11-44-43(46)59-37-42-40-9-5-3-7-38(40)39-8-4-6-10-41(39)42/h3-10,42H,11-37H2,1-2H3,(H,44,46). The first-order valence-electron chi connectivity index (χ1n) is 20.8. The van der Waals surface area contributed by atoms with Gasteiger partial charge in [-0.1, -0.05) is 48.5 Å². The second-order valence-corrected chi connectivity index (χ2v) is 13.4. The number of fused-ring (bicyclic) bond motifs is 3. The molecule has 1 aliphatic rings. The van der Waals surface area contributed by atoms with E-state index in [-0.39, 0.29) is 12.5 Å². The first kappa shape index (κ1) is 50.5. The molecule has 16 heteroatoms.